The van der Waals surface area contributed by atoms with Gasteiger partial charge in [-0.3, -0.25) is 0 Å². The van der Waals surface area contributed by atoms with Crippen molar-refractivity contribution in [1.82, 2.24) is 4.98 Å². The van der Waals surface area contributed by atoms with Gasteiger partial charge in [0.15, 0.2) is 0 Å². The van der Waals surface area contributed by atoms with Crippen LogP contribution >= 0.6 is 0 Å². The molecule has 5 heteroatoms. The third-order valence-corrected chi connectivity index (χ3v) is 4.72. The van der Waals surface area contributed by atoms with Crippen LogP contribution in [-0.4, -0.2) is 29.8 Å². The molecule has 0 unspecified atom stereocenters. The van der Waals surface area contributed by atoms with Gasteiger partial charge in [0.05, 0.1) is 18.2 Å². The van der Waals surface area contributed by atoms with Crippen LogP contribution in [0.3, 0.4) is 0 Å². The first kappa shape index (κ1) is 16.4. The largest absolute Gasteiger partial charge is 0.396 e. The smallest absolute Gasteiger partial charge is 0.129 e. The summed E-state index contributed by atoms with van der Waals surface area (Å²) >= 11 is 0. The Morgan fingerprint density at radius 1 is 1.33 bits per heavy atom. The van der Waals surface area contributed by atoms with E-state index in [2.05, 4.69) is 16.0 Å². The second kappa shape index (κ2) is 6.98. The highest BCUT2D eigenvalue weighted by Crippen LogP contribution is 2.35. The monoisotopic (exact) mass is 325 g/mol. The first-order valence-electron chi connectivity index (χ1n) is 8.11. The predicted octanol–water partition coefficient (Wildman–Crippen LogP) is 2.91. The average molecular weight is 325 g/mol. The van der Waals surface area contributed by atoms with E-state index in [1.165, 1.54) is 6.07 Å². The maximum absolute atomic E-state index is 14.0. The van der Waals surface area contributed by atoms with E-state index < -0.39 is 5.41 Å². The Labute approximate surface area is 141 Å². The van der Waals surface area contributed by atoms with Crippen molar-refractivity contribution in [2.24, 2.45) is 5.41 Å². The quantitative estimate of drug-likeness (QED) is 0.939. The van der Waals surface area contributed by atoms with Gasteiger partial charge in [-0.05, 0) is 43.0 Å². The second-order valence-electron chi connectivity index (χ2n) is 6.47. The molecule has 0 amide bonds. The first-order chi connectivity index (χ1) is 11.7. The van der Waals surface area contributed by atoms with Gasteiger partial charge in [0.25, 0.3) is 0 Å². The van der Waals surface area contributed by atoms with Gasteiger partial charge in [0, 0.05) is 24.7 Å². The molecule has 3 rings (SSSR count). The number of rotatable bonds is 4. The van der Waals surface area contributed by atoms with Crippen LogP contribution in [0.1, 0.15) is 24.0 Å². The summed E-state index contributed by atoms with van der Waals surface area (Å²) in [4.78, 5) is 6.44. The molecular formula is C19H20FN3O. The molecule has 1 saturated heterocycles. The van der Waals surface area contributed by atoms with Crippen molar-refractivity contribution in [1.29, 1.82) is 5.26 Å². The van der Waals surface area contributed by atoms with E-state index in [-0.39, 0.29) is 12.4 Å². The molecule has 24 heavy (non-hydrogen) atoms. The zero-order valence-corrected chi connectivity index (χ0v) is 13.5. The lowest BCUT2D eigenvalue weighted by molar-refractivity contribution is 0.104. The molecular weight excluding hydrogens is 305 g/mol. The molecule has 2 aromatic rings. The number of anilines is 1. The number of nitrogens with zero attached hydrogens (tertiary/aromatic N) is 3. The maximum Gasteiger partial charge on any atom is 0.129 e. The van der Waals surface area contributed by atoms with E-state index in [4.69, 9.17) is 5.26 Å². The fraction of sp³-hybridized carbons (Fsp3) is 0.368. The number of halogens is 1. The minimum atomic E-state index is -0.398. The molecule has 1 aromatic carbocycles. The molecule has 2 heterocycles. The van der Waals surface area contributed by atoms with Crippen LogP contribution in [0.2, 0.25) is 0 Å². The SMILES string of the molecule is N#Cc1ccnc(N2CCC[C@](CO)(Cc3ccccc3F)C2)c1. The van der Waals surface area contributed by atoms with E-state index in [9.17, 15) is 9.50 Å². The van der Waals surface area contributed by atoms with Crippen LogP contribution < -0.4 is 4.90 Å². The van der Waals surface area contributed by atoms with E-state index in [0.717, 1.165) is 25.2 Å². The lowest BCUT2D eigenvalue weighted by atomic mass is 9.75. The number of piperidine rings is 1. The number of aromatic nitrogens is 1. The molecule has 1 atom stereocenters. The number of hydrogen-bond donors (Lipinski definition) is 1. The molecule has 1 aliphatic rings. The normalized spacial score (nSPS) is 20.6. The number of benzene rings is 1. The van der Waals surface area contributed by atoms with Crippen LogP contribution in [0.25, 0.3) is 0 Å². The van der Waals surface area contributed by atoms with Gasteiger partial charge in [0.1, 0.15) is 11.6 Å². The second-order valence-corrected chi connectivity index (χ2v) is 6.47. The van der Waals surface area contributed by atoms with Gasteiger partial charge in [-0.1, -0.05) is 18.2 Å². The van der Waals surface area contributed by atoms with Crippen molar-refractivity contribution < 1.29 is 9.50 Å². The summed E-state index contributed by atoms with van der Waals surface area (Å²) < 4.78 is 14.0. The molecule has 0 bridgehead atoms. The number of pyridine rings is 1. The van der Waals surface area contributed by atoms with Gasteiger partial charge in [-0.25, -0.2) is 9.37 Å². The van der Waals surface area contributed by atoms with E-state index in [1.807, 2.05) is 6.07 Å². The fourth-order valence-corrected chi connectivity index (χ4v) is 3.44. The summed E-state index contributed by atoms with van der Waals surface area (Å²) in [6.45, 7) is 1.41. The Morgan fingerprint density at radius 3 is 2.92 bits per heavy atom. The molecule has 1 fully saturated rings. The van der Waals surface area contributed by atoms with Gasteiger partial charge in [0.2, 0.25) is 0 Å². The van der Waals surface area contributed by atoms with Gasteiger partial charge < -0.3 is 10.0 Å². The van der Waals surface area contributed by atoms with Crippen molar-refractivity contribution >= 4 is 5.82 Å². The van der Waals surface area contributed by atoms with Crippen molar-refractivity contribution in [2.75, 3.05) is 24.6 Å². The van der Waals surface area contributed by atoms with E-state index >= 15 is 0 Å². The van der Waals surface area contributed by atoms with Crippen LogP contribution in [0.15, 0.2) is 42.6 Å². The van der Waals surface area contributed by atoms with Crippen molar-refractivity contribution in [2.45, 2.75) is 19.3 Å². The highest BCUT2D eigenvalue weighted by molar-refractivity contribution is 5.45. The number of hydrogen-bond acceptors (Lipinski definition) is 4. The zero-order valence-electron chi connectivity index (χ0n) is 13.5. The summed E-state index contributed by atoms with van der Waals surface area (Å²) in [7, 11) is 0. The van der Waals surface area contributed by atoms with Gasteiger partial charge >= 0.3 is 0 Å². The highest BCUT2D eigenvalue weighted by atomic mass is 19.1. The third-order valence-electron chi connectivity index (χ3n) is 4.72. The maximum atomic E-state index is 14.0. The topological polar surface area (TPSA) is 60.2 Å². The van der Waals surface area contributed by atoms with Gasteiger partial charge in [-0.15, -0.1) is 0 Å². The Morgan fingerprint density at radius 2 is 2.17 bits per heavy atom. The molecule has 1 aliphatic heterocycles. The molecule has 4 nitrogen and oxygen atoms in total. The molecule has 0 aliphatic carbocycles. The summed E-state index contributed by atoms with van der Waals surface area (Å²) in [6, 6.07) is 12.3. The van der Waals surface area contributed by atoms with E-state index in [1.54, 1.807) is 30.5 Å². The van der Waals surface area contributed by atoms with Crippen LogP contribution in [0, 0.1) is 22.6 Å². The number of aliphatic hydroxyl groups excluding tert-OH is 1. The Balaban J connectivity index is 1.84. The lowest BCUT2D eigenvalue weighted by Gasteiger charge is -2.42. The minimum absolute atomic E-state index is 0.00419. The molecule has 124 valence electrons. The summed E-state index contributed by atoms with van der Waals surface area (Å²) in [5.74, 6) is 0.507. The molecule has 1 aromatic heterocycles. The summed E-state index contributed by atoms with van der Waals surface area (Å²) in [5.41, 5.74) is 0.798. The van der Waals surface area contributed by atoms with Crippen molar-refractivity contribution in [3.05, 3.63) is 59.5 Å². The van der Waals surface area contributed by atoms with Crippen LogP contribution in [0.5, 0.6) is 0 Å². The molecule has 0 saturated carbocycles. The predicted molar refractivity (Wildman–Crippen MR) is 90.0 cm³/mol. The number of nitriles is 1. The van der Waals surface area contributed by atoms with Gasteiger partial charge in [-0.2, -0.15) is 5.26 Å². The van der Waals surface area contributed by atoms with E-state index in [0.29, 0.717) is 24.1 Å². The Kier molecular flexibility index (Phi) is 4.77. The first-order valence-corrected chi connectivity index (χ1v) is 8.11. The average Bonchev–Trinajstić information content (AvgIpc) is 2.64. The van der Waals surface area contributed by atoms with Crippen molar-refractivity contribution in [3.8, 4) is 6.07 Å². The Hall–Kier alpha value is -2.45. The third kappa shape index (κ3) is 3.39. The fourth-order valence-electron chi connectivity index (χ4n) is 3.44. The zero-order chi connectivity index (χ0) is 17.0. The van der Waals surface area contributed by atoms with Crippen LogP contribution in [-0.2, 0) is 6.42 Å². The molecule has 0 radical (unpaired) electrons. The molecule has 1 N–H and O–H groups in total. The number of aliphatic hydroxyl groups is 1. The minimum Gasteiger partial charge on any atom is -0.396 e. The standard InChI is InChI=1S/C19H20FN3O/c20-17-5-2-1-4-16(17)11-19(14-24)7-3-9-23(13-19)18-10-15(12-21)6-8-22-18/h1-2,4-6,8,10,24H,3,7,9,11,13-14H2/t19-/m0/s1. The molecule has 0 spiro atoms. The van der Waals surface area contributed by atoms with Crippen LogP contribution in [0.4, 0.5) is 10.2 Å². The highest BCUT2D eigenvalue weighted by Gasteiger charge is 2.36. The summed E-state index contributed by atoms with van der Waals surface area (Å²) in [5, 5.41) is 19.1. The summed E-state index contributed by atoms with van der Waals surface area (Å²) in [6.07, 6.45) is 3.85. The van der Waals surface area contributed by atoms with Crippen molar-refractivity contribution in [3.63, 3.8) is 0 Å². The lowest BCUT2D eigenvalue weighted by Crippen LogP contribution is -2.47. The Bertz CT molecular complexity index is 758.